The van der Waals surface area contributed by atoms with Gasteiger partial charge >= 0.3 is 5.97 Å². The van der Waals surface area contributed by atoms with Crippen LogP contribution in [0.2, 0.25) is 0 Å². The molecule has 0 aliphatic carbocycles. The van der Waals surface area contributed by atoms with Gasteiger partial charge in [-0.15, -0.1) is 0 Å². The molecule has 1 aromatic heterocycles. The number of aryl methyl sites for hydroxylation is 1. The maximum Gasteiger partial charge on any atom is 0.335 e. The Morgan fingerprint density at radius 1 is 0.709 bits per heavy atom. The smallest absolute Gasteiger partial charge is 0.335 e. The molecule has 20 atom stereocenters. The fourth-order valence-electron chi connectivity index (χ4n) is 6.60. The Labute approximate surface area is 311 Å². The molecule has 4 aliphatic rings. The van der Waals surface area contributed by atoms with Crippen molar-refractivity contribution in [1.82, 2.24) is 14.9 Å². The minimum atomic E-state index is -2.04. The number of amides is 1. The van der Waals surface area contributed by atoms with Crippen molar-refractivity contribution in [2.24, 2.45) is 0 Å². The van der Waals surface area contributed by atoms with E-state index in [1.165, 1.54) is 6.92 Å². The minimum Gasteiger partial charge on any atom is -0.479 e. The SMILES string of the molecule is CC1OC(COC2OC(CO)C(O)C(OC3OC(C(=O)NCCCn4ccnc4)C(O)C(O)C3O)C2O)C(O)C(OC2OC(C(=O)O)C(O)C(O)C2O)C1O. The highest BCUT2D eigenvalue weighted by Gasteiger charge is 2.54. The van der Waals surface area contributed by atoms with E-state index >= 15 is 0 Å². The number of hydrogen-bond acceptors (Lipinski definition) is 21. The monoisotopic (exact) mass is 799 g/mol. The van der Waals surface area contributed by atoms with E-state index in [1.807, 2.05) is 0 Å². The maximum absolute atomic E-state index is 12.9. The van der Waals surface area contributed by atoms with Crippen molar-refractivity contribution >= 4 is 11.9 Å². The molecule has 314 valence electrons. The number of rotatable bonds is 14. The second-order valence-corrected chi connectivity index (χ2v) is 13.7. The number of aliphatic carboxylic acids is 1. The zero-order valence-corrected chi connectivity index (χ0v) is 29.2. The molecule has 4 aliphatic heterocycles. The third-order valence-corrected chi connectivity index (χ3v) is 9.85. The third-order valence-electron chi connectivity index (χ3n) is 9.85. The molecule has 5 rings (SSSR count). The van der Waals surface area contributed by atoms with Crippen LogP contribution in [0.4, 0.5) is 0 Å². The topological polar surface area (TPSA) is 371 Å². The Bertz CT molecular complexity index is 1380. The molecule has 0 radical (unpaired) electrons. The van der Waals surface area contributed by atoms with Gasteiger partial charge in [-0.05, 0) is 13.3 Å². The largest absolute Gasteiger partial charge is 0.479 e. The number of carbonyl (C=O) groups excluding carboxylic acids is 1. The summed E-state index contributed by atoms with van der Waals surface area (Å²) in [6.07, 6.45) is -30.9. The quantitative estimate of drug-likeness (QED) is 0.0777. The summed E-state index contributed by atoms with van der Waals surface area (Å²) in [6.45, 7) is 0.464. The van der Waals surface area contributed by atoms with Crippen LogP contribution in [0.5, 0.6) is 0 Å². The van der Waals surface area contributed by atoms with E-state index in [2.05, 4.69) is 10.3 Å². The molecule has 24 heteroatoms. The number of carboxylic acid groups (broad SMARTS) is 1. The lowest BCUT2D eigenvalue weighted by Crippen LogP contribution is -2.66. The summed E-state index contributed by atoms with van der Waals surface area (Å²) < 4.78 is 40.3. The van der Waals surface area contributed by atoms with Crippen LogP contribution in [-0.2, 0) is 49.3 Å². The number of carbonyl (C=O) groups is 2. The predicted octanol–water partition coefficient (Wildman–Crippen LogP) is -8.18. The van der Waals surface area contributed by atoms with Gasteiger partial charge in [0, 0.05) is 25.5 Å². The highest BCUT2D eigenvalue weighted by atomic mass is 16.7. The number of hydrogen-bond donors (Lipinski definition) is 13. The van der Waals surface area contributed by atoms with E-state index in [9.17, 15) is 70.9 Å². The second-order valence-electron chi connectivity index (χ2n) is 13.7. The molecule has 20 unspecified atom stereocenters. The van der Waals surface area contributed by atoms with Crippen molar-refractivity contribution in [2.75, 3.05) is 19.8 Å². The standard InChI is InChI=1S/C31H49N3O21/c1-10-13(36)23(52-31-21(44)17(40)19(42)26(55-31)28(47)48)15(38)12(50-10)8-49-29-22(45)24(14(37)11(7-35)51-29)53-30-20(43)16(39)18(41)25(54-30)27(46)33-3-2-5-34-6-4-32-9-34/h4,6,9-26,29-31,35-45H,2-3,5,7-8H2,1H3,(H,33,46)(H,47,48). The van der Waals surface area contributed by atoms with Gasteiger partial charge in [0.1, 0.15) is 85.5 Å². The van der Waals surface area contributed by atoms with Crippen molar-refractivity contribution < 1.29 is 104 Å². The van der Waals surface area contributed by atoms with Crippen molar-refractivity contribution in [1.29, 1.82) is 0 Å². The van der Waals surface area contributed by atoms with Gasteiger partial charge in [-0.3, -0.25) is 4.79 Å². The van der Waals surface area contributed by atoms with E-state index < -0.39 is 148 Å². The zero-order chi connectivity index (χ0) is 40.3. The zero-order valence-electron chi connectivity index (χ0n) is 29.2. The number of nitrogens with zero attached hydrogens (tertiary/aromatic N) is 2. The Morgan fingerprint density at radius 2 is 1.29 bits per heavy atom. The molecule has 0 spiro atoms. The second kappa shape index (κ2) is 18.8. The number of ether oxygens (including phenoxy) is 7. The molecule has 5 heterocycles. The van der Waals surface area contributed by atoms with Crippen LogP contribution in [0.15, 0.2) is 18.7 Å². The Kier molecular flexibility index (Phi) is 14.9. The van der Waals surface area contributed by atoms with Crippen molar-refractivity contribution in [3.05, 3.63) is 18.7 Å². The number of carboxylic acids is 1. The number of nitrogens with one attached hydrogen (secondary N) is 1. The van der Waals surface area contributed by atoms with Gasteiger partial charge in [0.2, 0.25) is 0 Å². The maximum atomic E-state index is 12.9. The number of aliphatic hydroxyl groups excluding tert-OH is 11. The molecule has 0 saturated carbocycles. The summed E-state index contributed by atoms with van der Waals surface area (Å²) in [5.41, 5.74) is 0. The summed E-state index contributed by atoms with van der Waals surface area (Å²) in [5.74, 6) is -2.57. The normalized spacial score (nSPS) is 45.2. The van der Waals surface area contributed by atoms with Gasteiger partial charge in [0.25, 0.3) is 5.91 Å². The molecular weight excluding hydrogens is 750 g/mol. The fourth-order valence-corrected chi connectivity index (χ4v) is 6.60. The molecule has 0 aromatic carbocycles. The van der Waals surface area contributed by atoms with Gasteiger partial charge in [0.05, 0.1) is 25.6 Å². The first-order chi connectivity index (χ1) is 26.0. The average Bonchev–Trinajstić information content (AvgIpc) is 3.68. The van der Waals surface area contributed by atoms with Crippen LogP contribution in [0, 0.1) is 0 Å². The summed E-state index contributed by atoms with van der Waals surface area (Å²) in [6, 6.07) is 0. The first-order valence-corrected chi connectivity index (χ1v) is 17.5. The van der Waals surface area contributed by atoms with Gasteiger partial charge in [-0.1, -0.05) is 0 Å². The van der Waals surface area contributed by atoms with Crippen LogP contribution >= 0.6 is 0 Å². The number of imidazole rings is 1. The lowest BCUT2D eigenvalue weighted by molar-refractivity contribution is -0.361. The fraction of sp³-hybridized carbons (Fsp3) is 0.839. The van der Waals surface area contributed by atoms with Gasteiger partial charge in [-0.2, -0.15) is 0 Å². The van der Waals surface area contributed by atoms with Gasteiger partial charge < -0.3 is 104 Å². The summed E-state index contributed by atoms with van der Waals surface area (Å²) in [7, 11) is 0. The summed E-state index contributed by atoms with van der Waals surface area (Å²) in [5, 5.41) is 128. The summed E-state index contributed by atoms with van der Waals surface area (Å²) in [4.78, 5) is 28.3. The molecule has 24 nitrogen and oxygen atoms in total. The molecule has 4 fully saturated rings. The van der Waals surface area contributed by atoms with Gasteiger partial charge in [0.15, 0.2) is 31.1 Å². The average molecular weight is 800 g/mol. The Hall–Kier alpha value is -2.57. The molecule has 13 N–H and O–H groups in total. The molecule has 4 saturated heterocycles. The first-order valence-electron chi connectivity index (χ1n) is 17.5. The lowest BCUT2D eigenvalue weighted by atomic mass is 9.94. The van der Waals surface area contributed by atoms with E-state index in [-0.39, 0.29) is 6.54 Å². The van der Waals surface area contributed by atoms with Crippen molar-refractivity contribution in [2.45, 2.75) is 143 Å². The van der Waals surface area contributed by atoms with Gasteiger partial charge in [-0.25, -0.2) is 9.78 Å². The lowest BCUT2D eigenvalue weighted by Gasteiger charge is -2.47. The first kappa shape index (κ1) is 43.6. The number of aromatic nitrogens is 2. The molecular formula is C31H49N3O21. The number of aliphatic hydroxyl groups is 11. The Morgan fingerprint density at radius 3 is 1.87 bits per heavy atom. The van der Waals surface area contributed by atoms with Crippen LogP contribution in [0.25, 0.3) is 0 Å². The van der Waals surface area contributed by atoms with Crippen LogP contribution < -0.4 is 5.32 Å². The van der Waals surface area contributed by atoms with E-state index in [1.54, 1.807) is 23.3 Å². The minimum absolute atomic E-state index is 0.126. The van der Waals surface area contributed by atoms with E-state index in [0.29, 0.717) is 13.0 Å². The van der Waals surface area contributed by atoms with Crippen molar-refractivity contribution in [3.8, 4) is 0 Å². The molecule has 55 heavy (non-hydrogen) atoms. The van der Waals surface area contributed by atoms with Crippen LogP contribution in [0.1, 0.15) is 13.3 Å². The third kappa shape index (κ3) is 9.60. The van der Waals surface area contributed by atoms with Crippen LogP contribution in [-0.4, -0.2) is 225 Å². The predicted molar refractivity (Wildman–Crippen MR) is 171 cm³/mol. The highest BCUT2D eigenvalue weighted by Crippen LogP contribution is 2.32. The molecule has 1 aromatic rings. The highest BCUT2D eigenvalue weighted by molar-refractivity contribution is 5.81. The van der Waals surface area contributed by atoms with E-state index in [4.69, 9.17) is 33.2 Å². The molecule has 1 amide bonds. The Balaban J connectivity index is 1.22. The van der Waals surface area contributed by atoms with E-state index in [0.717, 1.165) is 0 Å². The molecule has 0 bridgehead atoms. The summed E-state index contributed by atoms with van der Waals surface area (Å²) >= 11 is 0. The van der Waals surface area contributed by atoms with Crippen LogP contribution in [0.3, 0.4) is 0 Å². The van der Waals surface area contributed by atoms with Crippen molar-refractivity contribution in [3.63, 3.8) is 0 Å².